The van der Waals surface area contributed by atoms with E-state index in [0.717, 1.165) is 46.8 Å². The molecule has 2 aromatic heterocycles. The summed E-state index contributed by atoms with van der Waals surface area (Å²) in [5.74, 6) is 6.98. The average molecular weight is 381 g/mol. The zero-order valence-corrected chi connectivity index (χ0v) is 16.1. The van der Waals surface area contributed by atoms with Gasteiger partial charge in [0, 0.05) is 37.8 Å². The summed E-state index contributed by atoms with van der Waals surface area (Å²) in [4.78, 5) is 29.5. The molecule has 0 radical (unpaired) electrons. The van der Waals surface area contributed by atoms with E-state index in [2.05, 4.69) is 26.7 Å². The molecule has 0 unspecified atom stereocenters. The van der Waals surface area contributed by atoms with Gasteiger partial charge in [0.25, 0.3) is 5.91 Å². The first-order valence-electron chi connectivity index (χ1n) is 9.64. The highest BCUT2D eigenvalue weighted by molar-refractivity contribution is 6.00. The highest BCUT2D eigenvalue weighted by Crippen LogP contribution is 2.28. The van der Waals surface area contributed by atoms with Crippen LogP contribution >= 0.6 is 0 Å². The van der Waals surface area contributed by atoms with Gasteiger partial charge in [-0.2, -0.15) is 0 Å². The Kier molecular flexibility index (Phi) is 4.21. The first-order chi connectivity index (χ1) is 14.2. The maximum Gasteiger partial charge on any atom is 0.262 e. The van der Waals surface area contributed by atoms with Crippen LogP contribution in [0.3, 0.4) is 0 Å². The van der Waals surface area contributed by atoms with E-state index in [0.29, 0.717) is 12.1 Å². The fourth-order valence-corrected chi connectivity index (χ4v) is 3.45. The number of carbonyl (C=O) groups is 1. The maximum absolute atomic E-state index is 12.0. The number of aromatic nitrogens is 3. The molecule has 5 rings (SSSR count). The molecule has 142 valence electrons. The molecule has 2 aliphatic heterocycles. The number of amides is 1. The number of pyridine rings is 1. The van der Waals surface area contributed by atoms with Crippen molar-refractivity contribution in [2.75, 3.05) is 31.6 Å². The zero-order chi connectivity index (χ0) is 19.8. The Labute approximate surface area is 168 Å². The largest absolute Gasteiger partial charge is 0.355 e. The molecular weight excluding hydrogens is 362 g/mol. The topological polar surface area (TPSA) is 62.2 Å². The van der Waals surface area contributed by atoms with Gasteiger partial charge in [-0.3, -0.25) is 4.79 Å². The molecular formula is C23H19N5O. The summed E-state index contributed by atoms with van der Waals surface area (Å²) in [5.41, 5.74) is 4.90. The molecule has 4 heterocycles. The summed E-state index contributed by atoms with van der Waals surface area (Å²) >= 11 is 0. The third kappa shape index (κ3) is 3.21. The number of benzene rings is 1. The normalized spacial score (nSPS) is 15.8. The van der Waals surface area contributed by atoms with Gasteiger partial charge in [0.2, 0.25) is 0 Å². The van der Waals surface area contributed by atoms with E-state index in [1.54, 1.807) is 18.3 Å². The van der Waals surface area contributed by atoms with Crippen LogP contribution in [0.1, 0.15) is 12.0 Å². The van der Waals surface area contributed by atoms with Gasteiger partial charge in [-0.1, -0.05) is 24.0 Å². The van der Waals surface area contributed by atoms with Crippen LogP contribution in [0.4, 0.5) is 5.82 Å². The van der Waals surface area contributed by atoms with E-state index in [4.69, 9.17) is 4.98 Å². The third-order valence-electron chi connectivity index (χ3n) is 5.26. The number of hydrogen-bond donors (Lipinski definition) is 0. The van der Waals surface area contributed by atoms with Crippen molar-refractivity contribution < 1.29 is 4.79 Å². The second kappa shape index (κ2) is 7.02. The van der Waals surface area contributed by atoms with Gasteiger partial charge in [-0.05, 0) is 36.8 Å². The van der Waals surface area contributed by atoms with Crippen LogP contribution in [0.25, 0.3) is 22.3 Å². The molecule has 6 nitrogen and oxygen atoms in total. The van der Waals surface area contributed by atoms with Crippen molar-refractivity contribution >= 4 is 22.8 Å². The van der Waals surface area contributed by atoms with Crippen LogP contribution < -0.4 is 4.90 Å². The highest BCUT2D eigenvalue weighted by atomic mass is 16.2. The summed E-state index contributed by atoms with van der Waals surface area (Å²) in [6.07, 6.45) is 4.64. The Bertz CT molecular complexity index is 1220. The Morgan fingerprint density at radius 3 is 2.72 bits per heavy atom. The van der Waals surface area contributed by atoms with Crippen molar-refractivity contribution in [3.8, 4) is 23.1 Å². The molecule has 1 saturated heterocycles. The Morgan fingerprint density at radius 1 is 1.07 bits per heavy atom. The number of nitrogens with zero attached hydrogens (tertiary/aromatic N) is 5. The van der Waals surface area contributed by atoms with Crippen LogP contribution in [-0.2, 0) is 4.79 Å². The number of fused-ring (bicyclic) bond motifs is 1. The molecule has 0 aliphatic carbocycles. The first-order valence-corrected chi connectivity index (χ1v) is 9.64. The van der Waals surface area contributed by atoms with Gasteiger partial charge in [0.1, 0.15) is 11.8 Å². The molecule has 6 heteroatoms. The average Bonchev–Trinajstić information content (AvgIpc) is 3.03. The number of likely N-dealkylation sites (N-methyl/N-ethyl adjacent to an activating group) is 1. The smallest absolute Gasteiger partial charge is 0.262 e. The van der Waals surface area contributed by atoms with Crippen LogP contribution in [0.5, 0.6) is 0 Å². The van der Waals surface area contributed by atoms with Crippen LogP contribution in [0, 0.1) is 11.8 Å². The van der Waals surface area contributed by atoms with E-state index >= 15 is 0 Å². The maximum atomic E-state index is 12.0. The summed E-state index contributed by atoms with van der Waals surface area (Å²) in [6.45, 7) is 2.63. The summed E-state index contributed by atoms with van der Waals surface area (Å²) in [5, 5.41) is 0. The molecule has 1 aromatic carbocycles. The van der Waals surface area contributed by atoms with E-state index in [1.807, 2.05) is 42.5 Å². The molecule has 1 fully saturated rings. The van der Waals surface area contributed by atoms with Crippen molar-refractivity contribution in [2.45, 2.75) is 6.42 Å². The minimum absolute atomic E-state index is 0.0247. The van der Waals surface area contributed by atoms with E-state index in [-0.39, 0.29) is 5.91 Å². The van der Waals surface area contributed by atoms with E-state index in [1.165, 1.54) is 6.42 Å². The molecule has 29 heavy (non-hydrogen) atoms. The lowest BCUT2D eigenvalue weighted by molar-refractivity contribution is -0.123. The lowest BCUT2D eigenvalue weighted by atomic mass is 10.1. The number of rotatable bonds is 2. The molecule has 0 N–H and O–H groups in total. The van der Waals surface area contributed by atoms with Gasteiger partial charge in [0.15, 0.2) is 5.82 Å². The van der Waals surface area contributed by atoms with Gasteiger partial charge in [0.05, 0.1) is 16.8 Å². The fraction of sp³-hybridized carbons (Fsp3) is 0.217. The minimum Gasteiger partial charge on any atom is -0.355 e. The standard InChI is InChI=1S/C23H19N5O/c1-27-13-10-17(23(27)29)7-6-16-4-2-5-18(14-16)19-8-9-20-21(26-19)22(25-15-24-20)28-11-3-12-28/h2,4-5,8-10,14-15H,3,11-13H2,1H3. The third-order valence-corrected chi connectivity index (χ3v) is 5.26. The monoisotopic (exact) mass is 381 g/mol. The van der Waals surface area contributed by atoms with Crippen LogP contribution in [0.15, 0.2) is 54.4 Å². The zero-order valence-electron chi connectivity index (χ0n) is 16.1. The van der Waals surface area contributed by atoms with Crippen molar-refractivity contribution in [1.82, 2.24) is 19.9 Å². The van der Waals surface area contributed by atoms with Crippen LogP contribution in [0.2, 0.25) is 0 Å². The molecule has 1 amide bonds. The van der Waals surface area contributed by atoms with Gasteiger partial charge >= 0.3 is 0 Å². The highest BCUT2D eigenvalue weighted by Gasteiger charge is 2.20. The predicted molar refractivity (Wildman–Crippen MR) is 112 cm³/mol. The Balaban J connectivity index is 1.50. The first kappa shape index (κ1) is 17.4. The molecule has 0 bridgehead atoms. The van der Waals surface area contributed by atoms with Gasteiger partial charge in [-0.15, -0.1) is 0 Å². The summed E-state index contributed by atoms with van der Waals surface area (Å²) in [6, 6.07) is 11.9. The van der Waals surface area contributed by atoms with E-state index < -0.39 is 0 Å². The van der Waals surface area contributed by atoms with Crippen LogP contribution in [-0.4, -0.2) is 52.4 Å². The quantitative estimate of drug-likeness (QED) is 0.639. The van der Waals surface area contributed by atoms with Gasteiger partial charge in [-0.25, -0.2) is 15.0 Å². The van der Waals surface area contributed by atoms with Crippen molar-refractivity contribution in [3.63, 3.8) is 0 Å². The SMILES string of the molecule is CN1CC=C(C#Cc2cccc(-c3ccc4ncnc(N5CCC5)c4n3)c2)C1=O. The number of anilines is 1. The second-order valence-electron chi connectivity index (χ2n) is 7.24. The van der Waals surface area contributed by atoms with E-state index in [9.17, 15) is 4.79 Å². The minimum atomic E-state index is -0.0247. The lowest BCUT2D eigenvalue weighted by Crippen LogP contribution is -2.37. The predicted octanol–water partition coefficient (Wildman–Crippen LogP) is 2.65. The number of hydrogen-bond acceptors (Lipinski definition) is 5. The number of carbonyl (C=O) groups excluding carboxylic acids is 1. The Morgan fingerprint density at radius 2 is 1.97 bits per heavy atom. The van der Waals surface area contributed by atoms with Crippen molar-refractivity contribution in [1.29, 1.82) is 0 Å². The molecule has 0 saturated carbocycles. The fourth-order valence-electron chi connectivity index (χ4n) is 3.45. The molecule has 2 aliphatic rings. The lowest BCUT2D eigenvalue weighted by Gasteiger charge is -2.32. The van der Waals surface area contributed by atoms with Crippen molar-refractivity contribution in [3.05, 3.63) is 59.9 Å². The molecule has 0 spiro atoms. The summed E-state index contributed by atoms with van der Waals surface area (Å²) in [7, 11) is 1.78. The molecule has 3 aromatic rings. The second-order valence-corrected chi connectivity index (χ2v) is 7.24. The van der Waals surface area contributed by atoms with Crippen molar-refractivity contribution in [2.24, 2.45) is 0 Å². The molecule has 0 atom stereocenters. The summed E-state index contributed by atoms with van der Waals surface area (Å²) < 4.78 is 0. The Hall–Kier alpha value is -3.72. The van der Waals surface area contributed by atoms with Gasteiger partial charge < -0.3 is 9.80 Å².